The molecule has 0 aliphatic carbocycles. The minimum atomic E-state index is -0.324. The van der Waals surface area contributed by atoms with E-state index in [-0.39, 0.29) is 17.1 Å². The van der Waals surface area contributed by atoms with Gasteiger partial charge in [0.15, 0.2) is 5.58 Å². The molecule has 40 heavy (non-hydrogen) atoms. The minimum Gasteiger partial charge on any atom is -0.436 e. The van der Waals surface area contributed by atoms with Crippen LogP contribution in [0, 0.1) is 0 Å². The van der Waals surface area contributed by atoms with Crippen molar-refractivity contribution in [2.24, 2.45) is 0 Å². The third-order valence-electron chi connectivity index (χ3n) is 6.50. The van der Waals surface area contributed by atoms with Gasteiger partial charge in [-0.2, -0.15) is 0 Å². The molecule has 6 nitrogen and oxygen atoms in total. The summed E-state index contributed by atoms with van der Waals surface area (Å²) in [5, 5.41) is 7.70. The van der Waals surface area contributed by atoms with Crippen LogP contribution in [0.5, 0.6) is 0 Å². The number of nitrogens with one attached hydrogen (secondary N) is 2. The molecule has 0 saturated carbocycles. The van der Waals surface area contributed by atoms with Gasteiger partial charge < -0.3 is 15.1 Å². The van der Waals surface area contributed by atoms with Crippen LogP contribution in [-0.4, -0.2) is 22.0 Å². The number of nitrogens with zero attached hydrogens (tertiary/aromatic N) is 1. The first kappa shape index (κ1) is 25.4. The lowest BCUT2D eigenvalue weighted by atomic mass is 10.1. The number of hydrogen-bond donors (Lipinski definition) is 2. The molecule has 0 aliphatic rings. The Morgan fingerprint density at radius 3 is 2.20 bits per heavy atom. The van der Waals surface area contributed by atoms with Gasteiger partial charge in [0, 0.05) is 27.4 Å². The van der Waals surface area contributed by atoms with Gasteiger partial charge >= 0.3 is 0 Å². The summed E-state index contributed by atoms with van der Waals surface area (Å²) in [5.41, 5.74) is 4.37. The van der Waals surface area contributed by atoms with Crippen LogP contribution in [0.15, 0.2) is 125 Å². The third kappa shape index (κ3) is 5.60. The summed E-state index contributed by atoms with van der Waals surface area (Å²) in [6.07, 6.45) is 0. The number of hydrogen-bond acceptors (Lipinski definition) is 5. The van der Waals surface area contributed by atoms with Crippen molar-refractivity contribution in [3.63, 3.8) is 0 Å². The second kappa shape index (κ2) is 11.1. The Kier molecular flexibility index (Phi) is 7.04. The normalized spacial score (nSPS) is 11.8. The van der Waals surface area contributed by atoms with E-state index >= 15 is 0 Å². The van der Waals surface area contributed by atoms with Crippen LogP contribution in [0.25, 0.3) is 33.3 Å². The average Bonchev–Trinajstić information content (AvgIpc) is 3.43. The number of para-hydroxylation sites is 2. The van der Waals surface area contributed by atoms with Crippen molar-refractivity contribution in [2.75, 3.05) is 10.6 Å². The van der Waals surface area contributed by atoms with Crippen molar-refractivity contribution in [2.45, 2.75) is 17.1 Å². The van der Waals surface area contributed by atoms with Crippen LogP contribution in [0.1, 0.15) is 17.3 Å². The lowest BCUT2D eigenvalue weighted by Gasteiger charge is -2.13. The number of carbonyl (C=O) groups excluding carboxylic acids is 2. The number of thioether (sulfide) groups is 1. The number of aromatic nitrogens is 1. The predicted molar refractivity (Wildman–Crippen MR) is 162 cm³/mol. The lowest BCUT2D eigenvalue weighted by molar-refractivity contribution is -0.115. The molecule has 2 amide bonds. The Bertz CT molecular complexity index is 1800. The zero-order valence-corrected chi connectivity index (χ0v) is 22.4. The number of fused-ring (bicyclic) bond motifs is 2. The molecule has 0 aliphatic heterocycles. The van der Waals surface area contributed by atoms with Crippen LogP contribution in [0.2, 0.25) is 0 Å². The van der Waals surface area contributed by atoms with Crippen LogP contribution < -0.4 is 10.6 Å². The van der Waals surface area contributed by atoms with Crippen molar-refractivity contribution < 1.29 is 14.0 Å². The second-order valence-corrected chi connectivity index (χ2v) is 10.8. The number of rotatable bonds is 7. The summed E-state index contributed by atoms with van der Waals surface area (Å²) in [6, 6.07) is 36.2. The summed E-state index contributed by atoms with van der Waals surface area (Å²) in [4.78, 5) is 31.0. The zero-order chi connectivity index (χ0) is 27.5. The van der Waals surface area contributed by atoms with Gasteiger partial charge in [-0.05, 0) is 90.5 Å². The van der Waals surface area contributed by atoms with E-state index in [1.807, 2.05) is 122 Å². The highest BCUT2D eigenvalue weighted by atomic mass is 32.2. The molecule has 1 unspecified atom stereocenters. The molecule has 1 aromatic heterocycles. The summed E-state index contributed by atoms with van der Waals surface area (Å²) >= 11 is 1.45. The van der Waals surface area contributed by atoms with Crippen molar-refractivity contribution in [1.29, 1.82) is 0 Å². The molecule has 6 aromatic rings. The number of amides is 2. The van der Waals surface area contributed by atoms with Crippen LogP contribution in [0.4, 0.5) is 11.4 Å². The first-order valence-corrected chi connectivity index (χ1v) is 13.7. The first-order chi connectivity index (χ1) is 19.5. The molecule has 0 saturated heterocycles. The maximum Gasteiger partial charge on any atom is 0.255 e. The van der Waals surface area contributed by atoms with Gasteiger partial charge in [0.25, 0.3) is 5.91 Å². The molecule has 0 spiro atoms. The van der Waals surface area contributed by atoms with Gasteiger partial charge in [0.2, 0.25) is 11.8 Å². The van der Waals surface area contributed by atoms with Gasteiger partial charge in [-0.1, -0.05) is 42.5 Å². The highest BCUT2D eigenvalue weighted by Gasteiger charge is 2.16. The number of oxazole rings is 1. The predicted octanol–water partition coefficient (Wildman–Crippen LogP) is 8.02. The number of benzene rings is 5. The first-order valence-electron chi connectivity index (χ1n) is 12.9. The molecule has 1 atom stereocenters. The van der Waals surface area contributed by atoms with Gasteiger partial charge in [-0.3, -0.25) is 9.59 Å². The van der Waals surface area contributed by atoms with Crippen LogP contribution in [-0.2, 0) is 4.79 Å². The SMILES string of the molecule is CC(Sc1ccc(NC(=O)c2ccc3ccccc3c2)cc1)C(=O)Nc1ccc(-c2nc3ccccc3o2)cc1. The van der Waals surface area contributed by atoms with E-state index in [2.05, 4.69) is 15.6 Å². The van der Waals surface area contributed by atoms with E-state index in [1.165, 1.54) is 11.8 Å². The molecule has 5 aromatic carbocycles. The molecule has 2 N–H and O–H groups in total. The smallest absolute Gasteiger partial charge is 0.255 e. The fourth-order valence-electron chi connectivity index (χ4n) is 4.34. The molecule has 0 bridgehead atoms. The summed E-state index contributed by atoms with van der Waals surface area (Å²) in [7, 11) is 0. The standard InChI is InChI=1S/C33H25N3O3S/c1-21(31(37)34-26-14-12-23(13-15-26)33-36-29-8-4-5-9-30(29)39-33)40-28-18-16-27(17-19-28)35-32(38)25-11-10-22-6-2-3-7-24(22)20-25/h2-21H,1H3,(H,34,37)(H,35,38). The molecule has 0 fully saturated rings. The molecule has 6 rings (SSSR count). The van der Waals surface area contributed by atoms with E-state index < -0.39 is 0 Å². The van der Waals surface area contributed by atoms with Crippen molar-refractivity contribution in [3.05, 3.63) is 121 Å². The topological polar surface area (TPSA) is 84.2 Å². The van der Waals surface area contributed by atoms with Crippen molar-refractivity contribution in [1.82, 2.24) is 4.98 Å². The Morgan fingerprint density at radius 1 is 0.750 bits per heavy atom. The maximum absolute atomic E-state index is 12.8. The highest BCUT2D eigenvalue weighted by Crippen LogP contribution is 2.28. The third-order valence-corrected chi connectivity index (χ3v) is 7.61. The second-order valence-electron chi connectivity index (χ2n) is 9.35. The molecular weight excluding hydrogens is 518 g/mol. The molecule has 1 heterocycles. The monoisotopic (exact) mass is 543 g/mol. The van der Waals surface area contributed by atoms with Crippen LogP contribution in [0.3, 0.4) is 0 Å². The summed E-state index contributed by atoms with van der Waals surface area (Å²) < 4.78 is 5.82. The number of carbonyl (C=O) groups is 2. The fraction of sp³-hybridized carbons (Fsp3) is 0.0606. The quantitative estimate of drug-likeness (QED) is 0.199. The Balaban J connectivity index is 1.04. The van der Waals surface area contributed by atoms with Gasteiger partial charge in [-0.15, -0.1) is 11.8 Å². The molecular formula is C33H25N3O3S. The zero-order valence-electron chi connectivity index (χ0n) is 21.6. The average molecular weight is 544 g/mol. The highest BCUT2D eigenvalue weighted by molar-refractivity contribution is 8.00. The van der Waals surface area contributed by atoms with Gasteiger partial charge in [0.05, 0.1) is 5.25 Å². The minimum absolute atomic E-state index is 0.103. The van der Waals surface area contributed by atoms with Crippen molar-refractivity contribution >= 4 is 56.8 Å². The van der Waals surface area contributed by atoms with Gasteiger partial charge in [-0.25, -0.2) is 4.98 Å². The van der Waals surface area contributed by atoms with E-state index in [9.17, 15) is 9.59 Å². The maximum atomic E-state index is 12.8. The Labute approximate surface area is 235 Å². The van der Waals surface area contributed by atoms with Crippen molar-refractivity contribution in [3.8, 4) is 11.5 Å². The fourth-order valence-corrected chi connectivity index (χ4v) is 5.21. The Morgan fingerprint density at radius 2 is 1.43 bits per heavy atom. The summed E-state index contributed by atoms with van der Waals surface area (Å²) in [6.45, 7) is 1.86. The van der Waals surface area contributed by atoms with E-state index in [1.54, 1.807) is 0 Å². The number of anilines is 2. The molecule has 7 heteroatoms. The molecule has 0 radical (unpaired) electrons. The lowest BCUT2D eigenvalue weighted by Crippen LogP contribution is -2.22. The van der Waals surface area contributed by atoms with Gasteiger partial charge in [0.1, 0.15) is 5.52 Å². The summed E-state index contributed by atoms with van der Waals surface area (Å²) in [5.74, 6) is 0.272. The largest absolute Gasteiger partial charge is 0.436 e. The van der Waals surface area contributed by atoms with Crippen LogP contribution >= 0.6 is 11.8 Å². The molecule has 196 valence electrons. The Hall–Kier alpha value is -4.88. The van der Waals surface area contributed by atoms with E-state index in [0.29, 0.717) is 22.8 Å². The van der Waals surface area contributed by atoms with E-state index in [4.69, 9.17) is 4.42 Å². The van der Waals surface area contributed by atoms with E-state index in [0.717, 1.165) is 32.3 Å².